The van der Waals surface area contributed by atoms with Crippen LogP contribution in [0.15, 0.2) is 34.7 Å². The number of carboxylic acids is 1. The van der Waals surface area contributed by atoms with Gasteiger partial charge in [-0.1, -0.05) is 11.6 Å². The van der Waals surface area contributed by atoms with Gasteiger partial charge in [-0.15, -0.1) is 0 Å². The van der Waals surface area contributed by atoms with Crippen molar-refractivity contribution in [1.29, 1.82) is 0 Å². The molecule has 1 N–H and O–H groups in total. The third kappa shape index (κ3) is 3.67. The van der Waals surface area contributed by atoms with Crippen LogP contribution in [0.2, 0.25) is 5.02 Å². The summed E-state index contributed by atoms with van der Waals surface area (Å²) in [7, 11) is 0. The van der Waals surface area contributed by atoms with E-state index in [9.17, 15) is 4.79 Å². The second-order valence-corrected chi connectivity index (χ2v) is 4.04. The maximum atomic E-state index is 10.8. The van der Waals surface area contributed by atoms with E-state index in [4.69, 9.17) is 16.7 Å². The lowest BCUT2D eigenvalue weighted by Gasteiger charge is -2.03. The summed E-state index contributed by atoms with van der Waals surface area (Å²) in [5, 5.41) is 9.34. The van der Waals surface area contributed by atoms with Gasteiger partial charge in [-0.2, -0.15) is 0 Å². The fourth-order valence-electron chi connectivity index (χ4n) is 1.16. The Kier molecular flexibility index (Phi) is 4.40. The molecule has 17 heavy (non-hydrogen) atoms. The SMILES string of the molecule is C/C(=N\C(C)=C(/C)C(=O)O)c1cncc(Cl)c1. The molecule has 4 nitrogen and oxygen atoms in total. The van der Waals surface area contributed by atoms with Gasteiger partial charge in [0, 0.05) is 29.4 Å². The summed E-state index contributed by atoms with van der Waals surface area (Å²) in [4.78, 5) is 18.9. The number of carboxylic acid groups (broad SMARTS) is 1. The van der Waals surface area contributed by atoms with Crippen LogP contribution in [0.25, 0.3) is 0 Å². The smallest absolute Gasteiger partial charge is 0.333 e. The first-order valence-corrected chi connectivity index (χ1v) is 5.36. The summed E-state index contributed by atoms with van der Waals surface area (Å²) in [6.45, 7) is 4.96. The predicted molar refractivity (Wildman–Crippen MR) is 67.5 cm³/mol. The third-order valence-corrected chi connectivity index (χ3v) is 2.53. The van der Waals surface area contributed by atoms with E-state index in [1.54, 1.807) is 26.1 Å². The van der Waals surface area contributed by atoms with Crippen molar-refractivity contribution in [2.24, 2.45) is 4.99 Å². The molecule has 0 bridgehead atoms. The van der Waals surface area contributed by atoms with Crippen LogP contribution in [0.4, 0.5) is 0 Å². The zero-order valence-corrected chi connectivity index (χ0v) is 10.6. The lowest BCUT2D eigenvalue weighted by molar-refractivity contribution is -0.132. The highest BCUT2D eigenvalue weighted by atomic mass is 35.5. The third-order valence-electron chi connectivity index (χ3n) is 2.32. The Balaban J connectivity index is 3.09. The van der Waals surface area contributed by atoms with Crippen LogP contribution >= 0.6 is 11.6 Å². The van der Waals surface area contributed by atoms with Crippen LogP contribution in [0.3, 0.4) is 0 Å². The largest absolute Gasteiger partial charge is 0.478 e. The molecule has 0 fully saturated rings. The summed E-state index contributed by atoms with van der Waals surface area (Å²) in [5.74, 6) is -0.969. The number of carbonyl (C=O) groups is 1. The van der Waals surface area contributed by atoms with E-state index >= 15 is 0 Å². The minimum Gasteiger partial charge on any atom is -0.478 e. The van der Waals surface area contributed by atoms with Crippen molar-refractivity contribution in [1.82, 2.24) is 4.98 Å². The molecule has 0 aliphatic carbocycles. The molecule has 0 amide bonds. The van der Waals surface area contributed by atoms with Gasteiger partial charge in [-0.3, -0.25) is 9.98 Å². The van der Waals surface area contributed by atoms with Crippen LogP contribution in [-0.4, -0.2) is 21.8 Å². The van der Waals surface area contributed by atoms with Gasteiger partial charge >= 0.3 is 5.97 Å². The van der Waals surface area contributed by atoms with Crippen molar-refractivity contribution in [3.63, 3.8) is 0 Å². The molecule has 0 radical (unpaired) electrons. The number of halogens is 1. The van der Waals surface area contributed by atoms with Gasteiger partial charge in [-0.05, 0) is 26.8 Å². The van der Waals surface area contributed by atoms with Gasteiger partial charge in [0.2, 0.25) is 0 Å². The van der Waals surface area contributed by atoms with Gasteiger partial charge in [-0.25, -0.2) is 4.79 Å². The molecule has 0 unspecified atom stereocenters. The van der Waals surface area contributed by atoms with Crippen molar-refractivity contribution in [3.05, 3.63) is 40.3 Å². The van der Waals surface area contributed by atoms with Gasteiger partial charge in [0.1, 0.15) is 0 Å². The Morgan fingerprint density at radius 3 is 2.53 bits per heavy atom. The number of rotatable bonds is 3. The highest BCUT2D eigenvalue weighted by molar-refractivity contribution is 6.30. The van der Waals surface area contributed by atoms with Gasteiger partial charge in [0.25, 0.3) is 0 Å². The molecule has 1 aromatic rings. The van der Waals surface area contributed by atoms with E-state index in [0.29, 0.717) is 16.4 Å². The van der Waals surface area contributed by atoms with Gasteiger partial charge in [0.05, 0.1) is 10.6 Å². The van der Waals surface area contributed by atoms with Crippen LogP contribution in [0.5, 0.6) is 0 Å². The van der Waals surface area contributed by atoms with Crippen molar-refractivity contribution in [2.45, 2.75) is 20.8 Å². The van der Waals surface area contributed by atoms with E-state index in [1.165, 1.54) is 13.1 Å². The average Bonchev–Trinajstić information content (AvgIpc) is 2.27. The number of aliphatic carboxylic acids is 1. The molecule has 0 atom stereocenters. The zero-order chi connectivity index (χ0) is 13.0. The Hall–Kier alpha value is -1.68. The number of nitrogens with zero attached hydrogens (tertiary/aromatic N) is 2. The molecule has 90 valence electrons. The zero-order valence-electron chi connectivity index (χ0n) is 9.86. The lowest BCUT2D eigenvalue weighted by Crippen LogP contribution is -2.01. The predicted octanol–water partition coefficient (Wildman–Crippen LogP) is 2.92. The molecule has 0 aromatic carbocycles. The molecule has 1 aromatic heterocycles. The first kappa shape index (κ1) is 13.4. The quantitative estimate of drug-likeness (QED) is 0.665. The number of allylic oxidation sites excluding steroid dienone is 1. The van der Waals surface area contributed by atoms with Crippen LogP contribution in [-0.2, 0) is 4.79 Å². The second-order valence-electron chi connectivity index (χ2n) is 3.60. The number of hydrogen-bond donors (Lipinski definition) is 1. The first-order valence-electron chi connectivity index (χ1n) is 4.99. The summed E-state index contributed by atoms with van der Waals surface area (Å²) < 4.78 is 0. The lowest BCUT2D eigenvalue weighted by atomic mass is 10.2. The van der Waals surface area contributed by atoms with Gasteiger partial charge < -0.3 is 5.11 Å². The molecule has 1 heterocycles. The van der Waals surface area contributed by atoms with Crippen LogP contribution in [0.1, 0.15) is 26.3 Å². The molecule has 0 aliphatic heterocycles. The highest BCUT2D eigenvalue weighted by Crippen LogP contribution is 2.12. The second kappa shape index (κ2) is 5.59. The minimum absolute atomic E-state index is 0.222. The van der Waals surface area contributed by atoms with Crippen molar-refractivity contribution in [2.75, 3.05) is 0 Å². The maximum Gasteiger partial charge on any atom is 0.333 e. The summed E-state index contributed by atoms with van der Waals surface area (Å²) >= 11 is 5.81. The molecule has 0 saturated carbocycles. The Labute approximate surface area is 105 Å². The minimum atomic E-state index is -0.969. The summed E-state index contributed by atoms with van der Waals surface area (Å²) in [6, 6.07) is 1.73. The monoisotopic (exact) mass is 252 g/mol. The molecule has 0 spiro atoms. The van der Waals surface area contributed by atoms with E-state index in [-0.39, 0.29) is 5.57 Å². The molecule has 0 saturated heterocycles. The van der Waals surface area contributed by atoms with Crippen LogP contribution in [0, 0.1) is 0 Å². The standard InChI is InChI=1S/C12H13ClN2O2/c1-7(12(16)17)8(2)15-9(3)10-4-11(13)6-14-5-10/h4-6H,1-3H3,(H,16,17)/b8-7+,15-9+. The van der Waals surface area contributed by atoms with Crippen molar-refractivity contribution < 1.29 is 9.90 Å². The number of aliphatic imine (C=N–C) groups is 1. The Morgan fingerprint density at radius 2 is 2.00 bits per heavy atom. The first-order chi connectivity index (χ1) is 7.91. The number of aromatic nitrogens is 1. The van der Waals surface area contributed by atoms with E-state index in [1.807, 2.05) is 0 Å². The Bertz CT molecular complexity index is 507. The van der Waals surface area contributed by atoms with E-state index in [0.717, 1.165) is 5.56 Å². The molecule has 5 heteroatoms. The summed E-state index contributed by atoms with van der Waals surface area (Å²) in [5.41, 5.74) is 2.14. The number of pyridine rings is 1. The van der Waals surface area contributed by atoms with E-state index < -0.39 is 5.97 Å². The average molecular weight is 253 g/mol. The fraction of sp³-hybridized carbons (Fsp3) is 0.250. The van der Waals surface area contributed by atoms with Crippen LogP contribution < -0.4 is 0 Å². The highest BCUT2D eigenvalue weighted by Gasteiger charge is 2.05. The topological polar surface area (TPSA) is 62.5 Å². The summed E-state index contributed by atoms with van der Waals surface area (Å²) in [6.07, 6.45) is 3.16. The van der Waals surface area contributed by atoms with Gasteiger partial charge in [0.15, 0.2) is 0 Å². The molecule has 1 rings (SSSR count). The van der Waals surface area contributed by atoms with Crippen molar-refractivity contribution in [3.8, 4) is 0 Å². The molecular formula is C12H13ClN2O2. The van der Waals surface area contributed by atoms with Crippen molar-refractivity contribution >= 4 is 23.3 Å². The number of hydrogen-bond acceptors (Lipinski definition) is 3. The van der Waals surface area contributed by atoms with E-state index in [2.05, 4.69) is 9.98 Å². The fourth-order valence-corrected chi connectivity index (χ4v) is 1.34. The normalized spacial score (nSPS) is 13.3. The maximum absolute atomic E-state index is 10.8. The molecule has 0 aliphatic rings. The Morgan fingerprint density at radius 1 is 1.35 bits per heavy atom. The molecular weight excluding hydrogens is 240 g/mol.